The summed E-state index contributed by atoms with van der Waals surface area (Å²) >= 11 is 1.56. The van der Waals surface area contributed by atoms with E-state index < -0.39 is 9.84 Å². The third-order valence-corrected chi connectivity index (χ3v) is 13.3. The molecule has 2 aliphatic heterocycles. The Kier molecular flexibility index (Phi) is 8.57. The molecule has 1 N–H and O–H groups in total. The van der Waals surface area contributed by atoms with Gasteiger partial charge in [0.05, 0.1) is 45.5 Å². The van der Waals surface area contributed by atoms with E-state index in [2.05, 4.69) is 36.3 Å². The number of sulfone groups is 1. The maximum absolute atomic E-state index is 14.3. The van der Waals surface area contributed by atoms with E-state index in [1.54, 1.807) is 30.7 Å². The van der Waals surface area contributed by atoms with E-state index in [0.717, 1.165) is 77.5 Å². The molecule has 12 heteroatoms. The van der Waals surface area contributed by atoms with Gasteiger partial charge in [0, 0.05) is 59.9 Å². The van der Waals surface area contributed by atoms with Crippen LogP contribution in [0, 0.1) is 11.8 Å². The zero-order valence-corrected chi connectivity index (χ0v) is 29.6. The first-order valence-electron chi connectivity index (χ1n) is 17.1. The molecule has 3 aliphatic rings. The van der Waals surface area contributed by atoms with Crippen LogP contribution < -0.4 is 10.1 Å². The Balaban J connectivity index is 1.33. The molecule has 5 aromatic rings. The second kappa shape index (κ2) is 13.0. The fraction of sp³-hybridized carbons (Fsp3) is 0.432. The fourth-order valence-corrected chi connectivity index (χ4v) is 11.1. The van der Waals surface area contributed by atoms with E-state index in [0.29, 0.717) is 45.8 Å². The number of aromatic nitrogens is 5. The van der Waals surface area contributed by atoms with Gasteiger partial charge >= 0.3 is 0 Å². The number of ether oxygens (including phenoxy) is 2. The molecule has 1 aliphatic carbocycles. The van der Waals surface area contributed by atoms with Crippen LogP contribution in [-0.4, -0.2) is 59.4 Å². The second-order valence-corrected chi connectivity index (χ2v) is 16.7. The van der Waals surface area contributed by atoms with Crippen molar-refractivity contribution in [2.45, 2.75) is 69.2 Å². The minimum atomic E-state index is -3.67. The average molecular weight is 697 g/mol. The van der Waals surface area contributed by atoms with Crippen molar-refractivity contribution in [3.05, 3.63) is 71.6 Å². The first-order chi connectivity index (χ1) is 23.8. The van der Waals surface area contributed by atoms with Crippen LogP contribution in [0.25, 0.3) is 31.9 Å². The van der Waals surface area contributed by atoms with Gasteiger partial charge in [0.2, 0.25) is 5.88 Å². The Morgan fingerprint density at radius 3 is 2.67 bits per heavy atom. The highest BCUT2D eigenvalue weighted by molar-refractivity contribution is 7.92. The molecule has 0 radical (unpaired) electrons. The lowest BCUT2D eigenvalue weighted by Crippen LogP contribution is -2.17. The molecule has 0 amide bonds. The third-order valence-electron chi connectivity index (χ3n) is 10.3. The van der Waals surface area contributed by atoms with Crippen molar-refractivity contribution in [1.82, 2.24) is 24.9 Å². The first kappa shape index (κ1) is 32.2. The molecule has 1 fully saturated rings. The van der Waals surface area contributed by atoms with Gasteiger partial charge in [-0.1, -0.05) is 19.9 Å². The molecule has 1 saturated heterocycles. The van der Waals surface area contributed by atoms with Gasteiger partial charge in [-0.05, 0) is 79.5 Å². The minimum Gasteiger partial charge on any atom is -0.481 e. The predicted molar refractivity (Wildman–Crippen MR) is 191 cm³/mol. The molecule has 0 unspecified atom stereocenters. The summed E-state index contributed by atoms with van der Waals surface area (Å²) in [5, 5.41) is 4.69. The monoisotopic (exact) mass is 696 g/mol. The lowest BCUT2D eigenvalue weighted by atomic mass is 9.89. The number of pyridine rings is 3. The first-order valence-corrected chi connectivity index (χ1v) is 19.6. The number of nitrogens with one attached hydrogen (secondary N) is 1. The molecule has 10 nitrogen and oxygen atoms in total. The van der Waals surface area contributed by atoms with Gasteiger partial charge in [0.15, 0.2) is 15.7 Å². The number of hydrogen-bond acceptors (Lipinski definition) is 11. The summed E-state index contributed by atoms with van der Waals surface area (Å²) in [6.45, 7) is 5.69. The van der Waals surface area contributed by atoms with Crippen molar-refractivity contribution in [2.24, 2.45) is 11.8 Å². The van der Waals surface area contributed by atoms with Crippen LogP contribution in [0.15, 0.2) is 53.8 Å². The van der Waals surface area contributed by atoms with Gasteiger partial charge in [-0.3, -0.25) is 9.97 Å². The molecule has 8 rings (SSSR count). The molecule has 0 aromatic carbocycles. The van der Waals surface area contributed by atoms with Crippen LogP contribution >= 0.6 is 11.3 Å². The van der Waals surface area contributed by atoms with Crippen molar-refractivity contribution in [1.29, 1.82) is 0 Å². The number of aryl methyl sites for hydroxylation is 2. The maximum atomic E-state index is 14.3. The zero-order valence-electron chi connectivity index (χ0n) is 28.0. The van der Waals surface area contributed by atoms with Crippen molar-refractivity contribution >= 4 is 37.1 Å². The lowest BCUT2D eigenvalue weighted by Gasteiger charge is -2.23. The summed E-state index contributed by atoms with van der Waals surface area (Å²) in [6, 6.07) is 10.00. The molecule has 49 heavy (non-hydrogen) atoms. The number of thiophene rings is 1. The number of anilines is 1. The molecule has 0 bridgehead atoms. The highest BCUT2D eigenvalue weighted by atomic mass is 32.2. The zero-order chi connectivity index (χ0) is 33.7. The Hall–Kier alpha value is -4.00. The fourth-order valence-electron chi connectivity index (χ4n) is 7.64. The normalized spacial score (nSPS) is 20.1. The van der Waals surface area contributed by atoms with E-state index >= 15 is 0 Å². The largest absolute Gasteiger partial charge is 0.481 e. The topological polar surface area (TPSA) is 129 Å². The molecule has 0 spiro atoms. The van der Waals surface area contributed by atoms with Gasteiger partial charge < -0.3 is 14.8 Å². The second-order valence-electron chi connectivity index (χ2n) is 13.6. The molecule has 254 valence electrons. The van der Waals surface area contributed by atoms with Gasteiger partial charge in [-0.2, -0.15) is 4.98 Å². The Morgan fingerprint density at radius 2 is 1.86 bits per heavy atom. The maximum Gasteiger partial charge on any atom is 0.216 e. The molecular weight excluding hydrogens is 657 g/mol. The van der Waals surface area contributed by atoms with Crippen LogP contribution in [0.3, 0.4) is 0 Å². The average Bonchev–Trinajstić information content (AvgIpc) is 3.81. The van der Waals surface area contributed by atoms with Crippen LogP contribution in [-0.2, 0) is 27.4 Å². The SMILES string of the molecule is COc1ccnc(-c2c(CCC3CCOCC3)nc3c(c2-c2cc4ccnc(N[C@H]5CCc6ncccc65)c4s2)S(=O)(=O)C[C@@H]3C(C)C)n1. The van der Waals surface area contributed by atoms with Gasteiger partial charge in [0.1, 0.15) is 5.82 Å². The smallest absolute Gasteiger partial charge is 0.216 e. The van der Waals surface area contributed by atoms with E-state index in [-0.39, 0.29) is 23.6 Å². The summed E-state index contributed by atoms with van der Waals surface area (Å²) in [7, 11) is -2.10. The molecule has 7 heterocycles. The highest BCUT2D eigenvalue weighted by Gasteiger charge is 2.43. The third kappa shape index (κ3) is 5.97. The summed E-state index contributed by atoms with van der Waals surface area (Å²) in [5.74, 6) is 2.05. The van der Waals surface area contributed by atoms with E-state index in [1.165, 1.54) is 5.56 Å². The van der Waals surface area contributed by atoms with Gasteiger partial charge in [0.25, 0.3) is 0 Å². The van der Waals surface area contributed by atoms with Crippen LogP contribution in [0.5, 0.6) is 5.88 Å². The quantitative estimate of drug-likeness (QED) is 0.169. The van der Waals surface area contributed by atoms with Crippen molar-refractivity contribution in [2.75, 3.05) is 31.4 Å². The number of rotatable bonds is 9. The van der Waals surface area contributed by atoms with E-state index in [9.17, 15) is 8.42 Å². The number of methoxy groups -OCH3 is 1. The number of fused-ring (bicyclic) bond motifs is 3. The van der Waals surface area contributed by atoms with E-state index in [1.807, 2.05) is 24.5 Å². The number of nitrogens with zero attached hydrogens (tertiary/aromatic N) is 5. The molecule has 2 atom stereocenters. The number of hydrogen-bond donors (Lipinski definition) is 1. The minimum absolute atomic E-state index is 0.0379. The van der Waals surface area contributed by atoms with Crippen LogP contribution in [0.1, 0.15) is 74.1 Å². The van der Waals surface area contributed by atoms with Crippen molar-refractivity contribution in [3.63, 3.8) is 0 Å². The summed E-state index contributed by atoms with van der Waals surface area (Å²) in [5.41, 5.74) is 5.13. The van der Waals surface area contributed by atoms with Crippen molar-refractivity contribution in [3.8, 4) is 27.7 Å². The lowest BCUT2D eigenvalue weighted by molar-refractivity contribution is 0.0639. The summed E-state index contributed by atoms with van der Waals surface area (Å²) in [6.07, 6.45) is 10.8. The van der Waals surface area contributed by atoms with Crippen LogP contribution in [0.4, 0.5) is 5.82 Å². The predicted octanol–water partition coefficient (Wildman–Crippen LogP) is 7.20. The van der Waals surface area contributed by atoms with Gasteiger partial charge in [-0.15, -0.1) is 11.3 Å². The molecular formula is C37H40N6O4S2. The standard InChI is InChI=1S/C37H40N6O4S2/c1-21(2)25-20-49(44,45)35-32(29-19-23-10-15-40-37(34(23)48-29)42-27-9-8-26-24(27)5-4-14-38-26)31(36-39-16-11-30(43-36)46-3)28(41-33(25)35)7-6-22-12-17-47-18-13-22/h4-5,10-11,14-16,19,21-22,25,27H,6-9,12-13,17-18,20H2,1-3H3,(H,40,42)/t25-,27+/m1/s1. The molecule has 0 saturated carbocycles. The summed E-state index contributed by atoms with van der Waals surface area (Å²) in [4.78, 5) is 25.3. The Labute approximate surface area is 290 Å². The van der Waals surface area contributed by atoms with Crippen LogP contribution in [0.2, 0.25) is 0 Å². The Bertz CT molecular complexity index is 2140. The van der Waals surface area contributed by atoms with Gasteiger partial charge in [-0.25, -0.2) is 18.4 Å². The van der Waals surface area contributed by atoms with Crippen molar-refractivity contribution < 1.29 is 17.9 Å². The molecule has 5 aromatic heterocycles. The van der Waals surface area contributed by atoms with E-state index in [4.69, 9.17) is 29.4 Å². The Morgan fingerprint density at radius 1 is 1.02 bits per heavy atom. The highest BCUT2D eigenvalue weighted by Crippen LogP contribution is 2.51. The summed E-state index contributed by atoms with van der Waals surface area (Å²) < 4.78 is 40.7.